The molecule has 21 heavy (non-hydrogen) atoms. The number of rotatable bonds is 4. The lowest BCUT2D eigenvalue weighted by Crippen LogP contribution is -2.38. The van der Waals surface area contributed by atoms with Crippen molar-refractivity contribution in [3.8, 4) is 0 Å². The van der Waals surface area contributed by atoms with Crippen LogP contribution in [0, 0.1) is 11.8 Å². The van der Waals surface area contributed by atoms with Crippen molar-refractivity contribution in [3.63, 3.8) is 0 Å². The second-order valence-electron chi connectivity index (χ2n) is 5.64. The number of hydrogen-bond donors (Lipinski definition) is 1. The molecule has 5 heteroatoms. The number of ketones is 1. The highest BCUT2D eigenvalue weighted by Crippen LogP contribution is 2.37. The van der Waals surface area contributed by atoms with Crippen molar-refractivity contribution in [2.75, 3.05) is 31.2 Å². The maximum Gasteiger partial charge on any atom is 0.307 e. The van der Waals surface area contributed by atoms with Crippen LogP contribution >= 0.6 is 0 Å². The van der Waals surface area contributed by atoms with E-state index in [2.05, 4.69) is 4.90 Å². The molecule has 1 saturated carbocycles. The average Bonchev–Trinajstić information content (AvgIpc) is 2.46. The number of morpholine rings is 1. The summed E-state index contributed by atoms with van der Waals surface area (Å²) in [4.78, 5) is 25.6. The van der Waals surface area contributed by atoms with Crippen LogP contribution in [-0.4, -0.2) is 43.2 Å². The molecule has 3 rings (SSSR count). The first kappa shape index (κ1) is 14.1. The van der Waals surface area contributed by atoms with Crippen LogP contribution in [0.25, 0.3) is 0 Å². The molecule has 1 aliphatic carbocycles. The molecule has 0 amide bonds. The fourth-order valence-electron chi connectivity index (χ4n) is 2.98. The van der Waals surface area contributed by atoms with Crippen LogP contribution in [0.15, 0.2) is 24.3 Å². The number of ether oxygens (including phenoxy) is 1. The third kappa shape index (κ3) is 2.78. The summed E-state index contributed by atoms with van der Waals surface area (Å²) < 4.78 is 5.32. The van der Waals surface area contributed by atoms with Gasteiger partial charge in [-0.15, -0.1) is 0 Å². The largest absolute Gasteiger partial charge is 0.481 e. The molecular weight excluding hydrogens is 270 g/mol. The summed E-state index contributed by atoms with van der Waals surface area (Å²) >= 11 is 0. The van der Waals surface area contributed by atoms with E-state index in [9.17, 15) is 9.59 Å². The van der Waals surface area contributed by atoms with Crippen molar-refractivity contribution >= 4 is 17.4 Å². The Morgan fingerprint density at radius 3 is 2.19 bits per heavy atom. The molecule has 5 nitrogen and oxygen atoms in total. The van der Waals surface area contributed by atoms with Gasteiger partial charge in [-0.05, 0) is 37.1 Å². The van der Waals surface area contributed by atoms with Crippen LogP contribution in [0.5, 0.6) is 0 Å². The Morgan fingerprint density at radius 1 is 1.05 bits per heavy atom. The minimum atomic E-state index is -0.857. The lowest BCUT2D eigenvalue weighted by atomic mass is 9.70. The van der Waals surface area contributed by atoms with Crippen molar-refractivity contribution in [1.82, 2.24) is 0 Å². The van der Waals surface area contributed by atoms with Gasteiger partial charge in [0.2, 0.25) is 0 Å². The number of carboxylic acids is 1. The Kier molecular flexibility index (Phi) is 3.92. The van der Waals surface area contributed by atoms with Gasteiger partial charge in [0.1, 0.15) is 0 Å². The van der Waals surface area contributed by atoms with Gasteiger partial charge in [0, 0.05) is 30.3 Å². The average molecular weight is 289 g/mol. The minimum absolute atomic E-state index is 0.0397. The van der Waals surface area contributed by atoms with Gasteiger partial charge in [0.15, 0.2) is 5.78 Å². The van der Waals surface area contributed by atoms with Crippen molar-refractivity contribution in [2.45, 2.75) is 12.8 Å². The summed E-state index contributed by atoms with van der Waals surface area (Å²) in [5.41, 5.74) is 1.70. The van der Waals surface area contributed by atoms with Gasteiger partial charge in [0.05, 0.1) is 19.1 Å². The summed E-state index contributed by atoms with van der Waals surface area (Å²) in [6.07, 6.45) is 1.29. The first-order valence-corrected chi connectivity index (χ1v) is 7.36. The van der Waals surface area contributed by atoms with Gasteiger partial charge in [-0.25, -0.2) is 0 Å². The van der Waals surface area contributed by atoms with E-state index in [0.29, 0.717) is 18.4 Å². The predicted octanol–water partition coefficient (Wildman–Crippen LogP) is 1.82. The van der Waals surface area contributed by atoms with Gasteiger partial charge in [-0.2, -0.15) is 0 Å². The van der Waals surface area contributed by atoms with Gasteiger partial charge >= 0.3 is 5.97 Å². The topological polar surface area (TPSA) is 66.8 Å². The number of carbonyl (C=O) groups excluding carboxylic acids is 1. The molecule has 2 aliphatic rings. The smallest absolute Gasteiger partial charge is 0.307 e. The number of aliphatic carboxylic acids is 1. The van der Waals surface area contributed by atoms with Crippen molar-refractivity contribution in [3.05, 3.63) is 29.8 Å². The summed E-state index contributed by atoms with van der Waals surface area (Å²) in [5, 5.41) is 9.04. The molecule has 1 aromatic carbocycles. The van der Waals surface area contributed by atoms with E-state index in [0.717, 1.165) is 32.0 Å². The van der Waals surface area contributed by atoms with Gasteiger partial charge < -0.3 is 14.7 Å². The molecular formula is C16H19NO4. The molecule has 2 fully saturated rings. The van der Waals surface area contributed by atoms with Crippen LogP contribution in [0.4, 0.5) is 5.69 Å². The zero-order valence-corrected chi connectivity index (χ0v) is 11.8. The van der Waals surface area contributed by atoms with Crippen molar-refractivity contribution < 1.29 is 19.4 Å². The predicted molar refractivity (Wildman–Crippen MR) is 77.7 cm³/mol. The fraction of sp³-hybridized carbons (Fsp3) is 0.500. The zero-order chi connectivity index (χ0) is 14.8. The van der Waals surface area contributed by atoms with Crippen LogP contribution in [0.1, 0.15) is 23.2 Å². The molecule has 0 radical (unpaired) electrons. The van der Waals surface area contributed by atoms with Crippen molar-refractivity contribution in [1.29, 1.82) is 0 Å². The summed E-state index contributed by atoms with van der Waals surface area (Å²) in [6.45, 7) is 3.17. The highest BCUT2D eigenvalue weighted by Gasteiger charge is 2.41. The number of benzene rings is 1. The Balaban J connectivity index is 1.69. The molecule has 112 valence electrons. The summed E-state index contributed by atoms with van der Waals surface area (Å²) in [7, 11) is 0. The lowest BCUT2D eigenvalue weighted by Gasteiger charge is -2.32. The third-order valence-electron chi connectivity index (χ3n) is 4.46. The van der Waals surface area contributed by atoms with Gasteiger partial charge in [-0.1, -0.05) is 0 Å². The molecule has 2 unspecified atom stereocenters. The molecule has 1 aliphatic heterocycles. The molecule has 0 spiro atoms. The van der Waals surface area contributed by atoms with Gasteiger partial charge in [-0.3, -0.25) is 9.59 Å². The molecule has 2 atom stereocenters. The van der Waals surface area contributed by atoms with Crippen LogP contribution in [-0.2, 0) is 9.53 Å². The Hall–Kier alpha value is -1.88. The Morgan fingerprint density at radius 2 is 1.67 bits per heavy atom. The second-order valence-corrected chi connectivity index (χ2v) is 5.64. The summed E-state index contributed by atoms with van der Waals surface area (Å²) in [5.74, 6) is -1.75. The monoisotopic (exact) mass is 289 g/mol. The summed E-state index contributed by atoms with van der Waals surface area (Å²) in [6, 6.07) is 7.49. The first-order chi connectivity index (χ1) is 10.2. The Bertz CT molecular complexity index is 534. The number of anilines is 1. The maximum atomic E-state index is 12.3. The maximum absolute atomic E-state index is 12.3. The van der Waals surface area contributed by atoms with Gasteiger partial charge in [0.25, 0.3) is 0 Å². The molecule has 0 aromatic heterocycles. The second kappa shape index (κ2) is 5.85. The minimum Gasteiger partial charge on any atom is -0.481 e. The SMILES string of the molecule is O=C(O)C1CCC1C(=O)c1ccc(N2CCOCC2)cc1. The Labute approximate surface area is 123 Å². The molecule has 1 aromatic rings. The van der Waals surface area contributed by atoms with E-state index < -0.39 is 11.9 Å². The highest BCUT2D eigenvalue weighted by atomic mass is 16.5. The molecule has 0 bridgehead atoms. The first-order valence-electron chi connectivity index (χ1n) is 7.36. The van der Waals surface area contributed by atoms with Crippen LogP contribution < -0.4 is 4.90 Å². The van der Waals surface area contributed by atoms with Crippen LogP contribution in [0.3, 0.4) is 0 Å². The van der Waals surface area contributed by atoms with Crippen LogP contribution in [0.2, 0.25) is 0 Å². The number of hydrogen-bond acceptors (Lipinski definition) is 4. The number of nitrogens with zero attached hydrogens (tertiary/aromatic N) is 1. The van der Waals surface area contributed by atoms with E-state index in [1.807, 2.05) is 24.3 Å². The number of carbonyl (C=O) groups is 2. The molecule has 1 saturated heterocycles. The zero-order valence-electron chi connectivity index (χ0n) is 11.8. The number of Topliss-reactive ketones (excluding diaryl/α,β-unsaturated/α-hetero) is 1. The quantitative estimate of drug-likeness (QED) is 0.856. The van der Waals surface area contributed by atoms with E-state index in [-0.39, 0.29) is 11.7 Å². The molecule has 1 heterocycles. The molecule has 1 N–H and O–H groups in total. The number of carboxylic acid groups (broad SMARTS) is 1. The van der Waals surface area contributed by atoms with E-state index >= 15 is 0 Å². The van der Waals surface area contributed by atoms with E-state index in [1.165, 1.54) is 0 Å². The van der Waals surface area contributed by atoms with E-state index in [1.54, 1.807) is 0 Å². The lowest BCUT2D eigenvalue weighted by molar-refractivity contribution is -0.146. The highest BCUT2D eigenvalue weighted by molar-refractivity contribution is 6.01. The van der Waals surface area contributed by atoms with Crippen molar-refractivity contribution in [2.24, 2.45) is 11.8 Å². The van der Waals surface area contributed by atoms with E-state index in [4.69, 9.17) is 9.84 Å². The normalized spacial score (nSPS) is 25.2. The third-order valence-corrected chi connectivity index (χ3v) is 4.46. The standard InChI is InChI=1S/C16H19NO4/c18-15(13-5-6-14(13)16(19)20)11-1-3-12(4-2-11)17-7-9-21-10-8-17/h1-4,13-14H,5-10H2,(H,19,20). The fourth-order valence-corrected chi connectivity index (χ4v) is 2.98.